The molecule has 1 heterocycles. The molecule has 0 fully saturated rings. The fraction of sp³-hybridized carbons (Fsp3) is 0.214. The average Bonchev–Trinajstić information content (AvgIpc) is 2.31. The first kappa shape index (κ1) is 11.6. The third-order valence-electron chi connectivity index (χ3n) is 2.60. The van der Waals surface area contributed by atoms with Gasteiger partial charge in [0.25, 0.3) is 0 Å². The Morgan fingerprint density at radius 1 is 1.18 bits per heavy atom. The molecule has 1 N–H and O–H groups in total. The second-order valence-corrected chi connectivity index (χ2v) is 4.19. The summed E-state index contributed by atoms with van der Waals surface area (Å²) in [6.07, 6.45) is 3.62. The molecule has 0 unspecified atom stereocenters. The molecule has 0 saturated carbocycles. The normalized spacial score (nSPS) is 10.3. The summed E-state index contributed by atoms with van der Waals surface area (Å²) in [7, 11) is 0. The van der Waals surface area contributed by atoms with Crippen LogP contribution in [0.1, 0.15) is 16.7 Å². The molecule has 17 heavy (non-hydrogen) atoms. The smallest absolute Gasteiger partial charge is 0.128 e. The Hall–Kier alpha value is -1.90. The van der Waals surface area contributed by atoms with E-state index in [-0.39, 0.29) is 5.82 Å². The highest BCUT2D eigenvalue weighted by Crippen LogP contribution is 2.14. The fourth-order valence-corrected chi connectivity index (χ4v) is 1.62. The fourth-order valence-electron chi connectivity index (χ4n) is 1.62. The number of hydrogen-bond donors (Lipinski definition) is 1. The quantitative estimate of drug-likeness (QED) is 0.873. The number of aryl methyl sites for hydroxylation is 2. The summed E-state index contributed by atoms with van der Waals surface area (Å²) < 4.78 is 13.3. The summed E-state index contributed by atoms with van der Waals surface area (Å²) in [5.41, 5.74) is 3.66. The lowest BCUT2D eigenvalue weighted by atomic mass is 10.2. The van der Waals surface area contributed by atoms with Gasteiger partial charge in [-0.1, -0.05) is 12.1 Å². The van der Waals surface area contributed by atoms with Gasteiger partial charge in [0.2, 0.25) is 0 Å². The van der Waals surface area contributed by atoms with Crippen LogP contribution < -0.4 is 5.32 Å². The van der Waals surface area contributed by atoms with Crippen LogP contribution in [0.4, 0.5) is 10.1 Å². The number of rotatable bonds is 3. The SMILES string of the molecule is Cc1cncc(CNc2ccc(C)c(F)c2)c1. The second-order valence-electron chi connectivity index (χ2n) is 4.19. The zero-order valence-electron chi connectivity index (χ0n) is 10.00. The highest BCUT2D eigenvalue weighted by atomic mass is 19.1. The lowest BCUT2D eigenvalue weighted by molar-refractivity contribution is 0.619. The first-order valence-corrected chi connectivity index (χ1v) is 5.56. The maximum atomic E-state index is 13.3. The molecule has 1 aromatic carbocycles. The highest BCUT2D eigenvalue weighted by Gasteiger charge is 1.99. The van der Waals surface area contributed by atoms with Crippen LogP contribution in [0.25, 0.3) is 0 Å². The van der Waals surface area contributed by atoms with E-state index >= 15 is 0 Å². The third kappa shape index (κ3) is 3.03. The van der Waals surface area contributed by atoms with Crippen LogP contribution in [-0.4, -0.2) is 4.98 Å². The van der Waals surface area contributed by atoms with Crippen LogP contribution in [-0.2, 0) is 6.54 Å². The van der Waals surface area contributed by atoms with Crippen LogP contribution in [0.15, 0.2) is 36.7 Å². The molecule has 2 nitrogen and oxygen atoms in total. The first-order chi connectivity index (χ1) is 8.15. The minimum Gasteiger partial charge on any atom is -0.381 e. The van der Waals surface area contributed by atoms with Crippen molar-refractivity contribution in [3.05, 3.63) is 59.2 Å². The molecule has 0 aliphatic rings. The molecule has 0 spiro atoms. The lowest BCUT2D eigenvalue weighted by Gasteiger charge is -2.07. The number of nitrogens with zero attached hydrogens (tertiary/aromatic N) is 1. The van der Waals surface area contributed by atoms with E-state index in [2.05, 4.69) is 16.4 Å². The van der Waals surface area contributed by atoms with Gasteiger partial charge in [-0.05, 0) is 42.7 Å². The summed E-state index contributed by atoms with van der Waals surface area (Å²) in [5.74, 6) is -0.183. The second kappa shape index (κ2) is 4.95. The van der Waals surface area contributed by atoms with E-state index in [0.717, 1.165) is 16.8 Å². The minimum absolute atomic E-state index is 0.183. The van der Waals surface area contributed by atoms with Crippen molar-refractivity contribution >= 4 is 5.69 Å². The monoisotopic (exact) mass is 230 g/mol. The number of pyridine rings is 1. The molecule has 2 aromatic rings. The molecule has 2 rings (SSSR count). The molecule has 1 aromatic heterocycles. The molecule has 0 bridgehead atoms. The molecule has 0 amide bonds. The topological polar surface area (TPSA) is 24.9 Å². The Morgan fingerprint density at radius 3 is 2.71 bits per heavy atom. The molecule has 0 aliphatic heterocycles. The third-order valence-corrected chi connectivity index (χ3v) is 2.60. The van der Waals surface area contributed by atoms with Crippen molar-refractivity contribution in [1.82, 2.24) is 4.98 Å². The van der Waals surface area contributed by atoms with Gasteiger partial charge in [0.05, 0.1) is 0 Å². The number of hydrogen-bond acceptors (Lipinski definition) is 2. The number of benzene rings is 1. The highest BCUT2D eigenvalue weighted by molar-refractivity contribution is 5.45. The first-order valence-electron chi connectivity index (χ1n) is 5.56. The van der Waals surface area contributed by atoms with Crippen LogP contribution in [0, 0.1) is 19.7 Å². The largest absolute Gasteiger partial charge is 0.381 e. The Labute approximate surface area is 101 Å². The van der Waals surface area contributed by atoms with Gasteiger partial charge in [-0.15, -0.1) is 0 Å². The van der Waals surface area contributed by atoms with E-state index in [1.165, 1.54) is 6.07 Å². The molecule has 88 valence electrons. The predicted octanol–water partition coefficient (Wildman–Crippen LogP) is 3.45. The summed E-state index contributed by atoms with van der Waals surface area (Å²) in [4.78, 5) is 4.11. The zero-order valence-corrected chi connectivity index (χ0v) is 10.00. The summed E-state index contributed by atoms with van der Waals surface area (Å²) in [5, 5.41) is 3.18. The Balaban J connectivity index is 2.05. The molecular weight excluding hydrogens is 215 g/mol. The van der Waals surface area contributed by atoms with E-state index in [1.807, 2.05) is 25.4 Å². The van der Waals surface area contributed by atoms with Gasteiger partial charge in [-0.25, -0.2) is 4.39 Å². The van der Waals surface area contributed by atoms with Crippen LogP contribution in [0.3, 0.4) is 0 Å². The molecule has 0 saturated heterocycles. The molecule has 0 radical (unpaired) electrons. The van der Waals surface area contributed by atoms with Crippen LogP contribution in [0.2, 0.25) is 0 Å². The Bertz CT molecular complexity index is 523. The maximum Gasteiger partial charge on any atom is 0.128 e. The van der Waals surface area contributed by atoms with Gasteiger partial charge in [0.15, 0.2) is 0 Å². The standard InChI is InChI=1S/C14H15FN2/c1-10-5-12(8-16-7-10)9-17-13-4-3-11(2)14(15)6-13/h3-8,17H,9H2,1-2H3. The zero-order chi connectivity index (χ0) is 12.3. The van der Waals surface area contributed by atoms with Crippen LogP contribution >= 0.6 is 0 Å². The van der Waals surface area contributed by atoms with E-state index in [4.69, 9.17) is 0 Å². The number of nitrogens with one attached hydrogen (secondary N) is 1. The molecule has 0 aliphatic carbocycles. The van der Waals surface area contributed by atoms with Crippen molar-refractivity contribution in [3.63, 3.8) is 0 Å². The predicted molar refractivity (Wildman–Crippen MR) is 67.4 cm³/mol. The van der Waals surface area contributed by atoms with Gasteiger partial charge in [0, 0.05) is 24.6 Å². The van der Waals surface area contributed by atoms with Crippen molar-refractivity contribution in [2.75, 3.05) is 5.32 Å². The van der Waals surface area contributed by atoms with Gasteiger partial charge >= 0.3 is 0 Å². The van der Waals surface area contributed by atoms with Gasteiger partial charge in [-0.2, -0.15) is 0 Å². The molecular formula is C14H15FN2. The van der Waals surface area contributed by atoms with E-state index in [1.54, 1.807) is 13.0 Å². The molecule has 0 atom stereocenters. The Kier molecular flexibility index (Phi) is 3.38. The van der Waals surface area contributed by atoms with Crippen molar-refractivity contribution in [2.24, 2.45) is 0 Å². The van der Waals surface area contributed by atoms with Crippen molar-refractivity contribution in [2.45, 2.75) is 20.4 Å². The summed E-state index contributed by atoms with van der Waals surface area (Å²) in [6, 6.07) is 7.22. The van der Waals surface area contributed by atoms with Gasteiger partial charge in [0.1, 0.15) is 5.82 Å². The number of anilines is 1. The number of halogens is 1. The van der Waals surface area contributed by atoms with Crippen molar-refractivity contribution in [1.29, 1.82) is 0 Å². The number of aromatic nitrogens is 1. The van der Waals surface area contributed by atoms with Crippen molar-refractivity contribution in [3.8, 4) is 0 Å². The van der Waals surface area contributed by atoms with Crippen LogP contribution in [0.5, 0.6) is 0 Å². The van der Waals surface area contributed by atoms with Gasteiger partial charge < -0.3 is 5.32 Å². The van der Waals surface area contributed by atoms with Crippen molar-refractivity contribution < 1.29 is 4.39 Å². The molecule has 3 heteroatoms. The summed E-state index contributed by atoms with van der Waals surface area (Å²) in [6.45, 7) is 4.41. The van der Waals surface area contributed by atoms with Gasteiger partial charge in [-0.3, -0.25) is 4.98 Å². The van der Waals surface area contributed by atoms with E-state index < -0.39 is 0 Å². The van der Waals surface area contributed by atoms with E-state index in [9.17, 15) is 4.39 Å². The maximum absolute atomic E-state index is 13.3. The lowest BCUT2D eigenvalue weighted by Crippen LogP contribution is -2.00. The van der Waals surface area contributed by atoms with E-state index in [0.29, 0.717) is 12.1 Å². The summed E-state index contributed by atoms with van der Waals surface area (Å²) >= 11 is 0. The minimum atomic E-state index is -0.183. The average molecular weight is 230 g/mol. The Morgan fingerprint density at radius 2 is 2.00 bits per heavy atom.